The standard InChI is InChI=1S/C18H22ClN3O2/c1-11(2)15-10-17(24-21-15)16-5-4-8-22(16)18(23)20-13-7-6-12(3)14(19)9-13/h6-7,9-11,16H,4-5,8H2,1-3H3,(H,20,23)/t16-/m1/s1. The largest absolute Gasteiger partial charge is 0.359 e. The van der Waals surface area contributed by atoms with Crippen LogP contribution in [0.1, 0.15) is 55.7 Å². The highest BCUT2D eigenvalue weighted by atomic mass is 35.5. The number of halogens is 1. The number of nitrogens with zero attached hydrogens (tertiary/aromatic N) is 2. The first-order chi connectivity index (χ1) is 11.5. The third-order valence-electron chi connectivity index (χ3n) is 4.40. The van der Waals surface area contributed by atoms with Crippen molar-refractivity contribution in [3.05, 3.63) is 46.3 Å². The average molecular weight is 348 g/mol. The Morgan fingerprint density at radius 1 is 1.42 bits per heavy atom. The van der Waals surface area contributed by atoms with E-state index in [0.29, 0.717) is 23.2 Å². The van der Waals surface area contributed by atoms with Gasteiger partial charge in [0.25, 0.3) is 0 Å². The molecule has 0 unspecified atom stereocenters. The molecule has 128 valence electrons. The molecule has 2 heterocycles. The molecule has 1 aliphatic rings. The van der Waals surface area contributed by atoms with E-state index in [9.17, 15) is 4.79 Å². The number of nitrogens with one attached hydrogen (secondary N) is 1. The van der Waals surface area contributed by atoms with Crippen molar-refractivity contribution in [2.75, 3.05) is 11.9 Å². The number of carbonyl (C=O) groups excluding carboxylic acids is 1. The number of anilines is 1. The fraction of sp³-hybridized carbons (Fsp3) is 0.444. The minimum absolute atomic E-state index is 0.0640. The van der Waals surface area contributed by atoms with Gasteiger partial charge in [0, 0.05) is 23.3 Å². The predicted molar refractivity (Wildman–Crippen MR) is 94.5 cm³/mol. The number of urea groups is 1. The highest BCUT2D eigenvalue weighted by Gasteiger charge is 2.33. The summed E-state index contributed by atoms with van der Waals surface area (Å²) in [7, 11) is 0. The minimum Gasteiger partial charge on any atom is -0.359 e. The Hall–Kier alpha value is -2.01. The molecule has 0 radical (unpaired) electrons. The Morgan fingerprint density at radius 3 is 2.88 bits per heavy atom. The normalized spacial score (nSPS) is 17.5. The lowest BCUT2D eigenvalue weighted by Crippen LogP contribution is -2.34. The number of aromatic nitrogens is 1. The molecule has 1 aromatic carbocycles. The molecule has 1 fully saturated rings. The molecule has 1 aromatic heterocycles. The average Bonchev–Trinajstić information content (AvgIpc) is 3.18. The van der Waals surface area contributed by atoms with Crippen LogP contribution in [0.3, 0.4) is 0 Å². The maximum absolute atomic E-state index is 12.6. The lowest BCUT2D eigenvalue weighted by molar-refractivity contribution is 0.195. The topological polar surface area (TPSA) is 58.4 Å². The molecule has 2 amide bonds. The van der Waals surface area contributed by atoms with Gasteiger partial charge in [-0.3, -0.25) is 0 Å². The van der Waals surface area contributed by atoms with Gasteiger partial charge in [0.2, 0.25) is 0 Å². The summed E-state index contributed by atoms with van der Waals surface area (Å²) in [5.41, 5.74) is 2.60. The second-order valence-corrected chi connectivity index (χ2v) is 6.96. The van der Waals surface area contributed by atoms with Gasteiger partial charge in [-0.05, 0) is 43.4 Å². The Morgan fingerprint density at radius 2 is 2.21 bits per heavy atom. The van der Waals surface area contributed by atoms with E-state index >= 15 is 0 Å². The van der Waals surface area contributed by atoms with Gasteiger partial charge < -0.3 is 14.7 Å². The quantitative estimate of drug-likeness (QED) is 0.837. The molecule has 0 aliphatic carbocycles. The first-order valence-corrected chi connectivity index (χ1v) is 8.64. The van der Waals surface area contributed by atoms with Gasteiger partial charge in [0.15, 0.2) is 5.76 Å². The lowest BCUT2D eigenvalue weighted by Gasteiger charge is -2.23. The summed E-state index contributed by atoms with van der Waals surface area (Å²) in [6, 6.07) is 7.28. The summed E-state index contributed by atoms with van der Waals surface area (Å²) in [4.78, 5) is 14.4. The SMILES string of the molecule is Cc1ccc(NC(=O)N2CCC[C@@H]2c2cc(C(C)C)no2)cc1Cl. The first kappa shape index (κ1) is 16.8. The fourth-order valence-corrected chi connectivity index (χ4v) is 3.08. The molecule has 6 heteroatoms. The number of likely N-dealkylation sites (tertiary alicyclic amines) is 1. The summed E-state index contributed by atoms with van der Waals surface area (Å²) in [6.07, 6.45) is 1.83. The first-order valence-electron chi connectivity index (χ1n) is 8.26. The van der Waals surface area contributed by atoms with E-state index in [2.05, 4.69) is 24.3 Å². The molecule has 24 heavy (non-hydrogen) atoms. The van der Waals surface area contributed by atoms with E-state index in [1.54, 1.807) is 11.0 Å². The Bertz CT molecular complexity index is 742. The van der Waals surface area contributed by atoms with Gasteiger partial charge >= 0.3 is 6.03 Å². The van der Waals surface area contributed by atoms with Gasteiger partial charge in [-0.2, -0.15) is 0 Å². The zero-order valence-corrected chi connectivity index (χ0v) is 14.9. The van der Waals surface area contributed by atoms with Crippen molar-refractivity contribution in [1.82, 2.24) is 10.1 Å². The lowest BCUT2D eigenvalue weighted by atomic mass is 10.1. The van der Waals surface area contributed by atoms with Crippen LogP contribution in [0, 0.1) is 6.92 Å². The monoisotopic (exact) mass is 347 g/mol. The molecule has 1 saturated heterocycles. The van der Waals surface area contributed by atoms with E-state index < -0.39 is 0 Å². The molecule has 0 spiro atoms. The smallest absolute Gasteiger partial charge is 0.322 e. The van der Waals surface area contributed by atoms with Crippen LogP contribution < -0.4 is 5.32 Å². The van der Waals surface area contributed by atoms with E-state index in [4.69, 9.17) is 16.1 Å². The molecule has 1 atom stereocenters. The molecule has 2 aromatic rings. The molecule has 3 rings (SSSR count). The van der Waals surface area contributed by atoms with Gasteiger partial charge in [-0.15, -0.1) is 0 Å². The van der Waals surface area contributed by atoms with Crippen molar-refractivity contribution in [2.45, 2.75) is 45.6 Å². The number of amides is 2. The predicted octanol–water partition coefficient (Wildman–Crippen LogP) is 5.13. The summed E-state index contributed by atoms with van der Waals surface area (Å²) >= 11 is 6.13. The van der Waals surface area contributed by atoms with Gasteiger partial charge in [0.05, 0.1) is 11.7 Å². The zero-order chi connectivity index (χ0) is 17.3. The van der Waals surface area contributed by atoms with Crippen LogP contribution in [0.5, 0.6) is 0 Å². The molecule has 1 N–H and O–H groups in total. The maximum Gasteiger partial charge on any atom is 0.322 e. The van der Waals surface area contributed by atoms with Crippen LogP contribution in [-0.4, -0.2) is 22.6 Å². The third-order valence-corrected chi connectivity index (χ3v) is 4.81. The summed E-state index contributed by atoms with van der Waals surface area (Å²) in [5.74, 6) is 1.06. The number of rotatable bonds is 3. The second kappa shape index (κ2) is 6.85. The maximum atomic E-state index is 12.6. The van der Waals surface area contributed by atoms with Crippen LogP contribution in [0.25, 0.3) is 0 Å². The van der Waals surface area contributed by atoms with E-state index in [1.807, 2.05) is 25.1 Å². The van der Waals surface area contributed by atoms with E-state index in [0.717, 1.165) is 29.9 Å². The number of carbonyl (C=O) groups is 1. The van der Waals surface area contributed by atoms with Crippen molar-refractivity contribution < 1.29 is 9.32 Å². The van der Waals surface area contributed by atoms with Crippen molar-refractivity contribution in [2.24, 2.45) is 0 Å². The van der Waals surface area contributed by atoms with Crippen LogP contribution in [0.4, 0.5) is 10.5 Å². The van der Waals surface area contributed by atoms with Crippen LogP contribution in [0.2, 0.25) is 5.02 Å². The van der Waals surface area contributed by atoms with Crippen LogP contribution >= 0.6 is 11.6 Å². The van der Waals surface area contributed by atoms with Gasteiger partial charge in [-0.1, -0.05) is 36.7 Å². The second-order valence-electron chi connectivity index (χ2n) is 6.55. The number of benzene rings is 1. The fourth-order valence-electron chi connectivity index (χ4n) is 2.90. The molecule has 0 saturated carbocycles. The van der Waals surface area contributed by atoms with E-state index in [1.165, 1.54) is 0 Å². The van der Waals surface area contributed by atoms with Crippen molar-refractivity contribution >= 4 is 23.3 Å². The summed E-state index contributed by atoms with van der Waals surface area (Å²) in [5, 5.41) is 7.67. The summed E-state index contributed by atoms with van der Waals surface area (Å²) < 4.78 is 5.48. The highest BCUT2D eigenvalue weighted by molar-refractivity contribution is 6.31. The molecule has 1 aliphatic heterocycles. The molecular formula is C18H22ClN3O2. The van der Waals surface area contributed by atoms with Crippen molar-refractivity contribution in [1.29, 1.82) is 0 Å². The van der Waals surface area contributed by atoms with Crippen LogP contribution in [-0.2, 0) is 0 Å². The Balaban J connectivity index is 1.74. The molecular weight excluding hydrogens is 326 g/mol. The number of hydrogen-bond donors (Lipinski definition) is 1. The van der Waals surface area contributed by atoms with Crippen LogP contribution in [0.15, 0.2) is 28.8 Å². The molecule has 5 nitrogen and oxygen atoms in total. The van der Waals surface area contributed by atoms with Gasteiger partial charge in [0.1, 0.15) is 0 Å². The van der Waals surface area contributed by atoms with Gasteiger partial charge in [-0.25, -0.2) is 4.79 Å². The Labute approximate surface area is 147 Å². The highest BCUT2D eigenvalue weighted by Crippen LogP contribution is 2.34. The number of hydrogen-bond acceptors (Lipinski definition) is 3. The Kier molecular flexibility index (Phi) is 4.81. The summed E-state index contributed by atoms with van der Waals surface area (Å²) in [6.45, 7) is 6.78. The minimum atomic E-state index is -0.139. The molecule has 0 bridgehead atoms. The van der Waals surface area contributed by atoms with Crippen molar-refractivity contribution in [3.63, 3.8) is 0 Å². The third kappa shape index (κ3) is 3.41. The van der Waals surface area contributed by atoms with E-state index in [-0.39, 0.29) is 12.1 Å². The number of aryl methyl sites for hydroxylation is 1. The zero-order valence-electron chi connectivity index (χ0n) is 14.2. The van der Waals surface area contributed by atoms with Crippen molar-refractivity contribution in [3.8, 4) is 0 Å².